The van der Waals surface area contributed by atoms with Crippen molar-refractivity contribution in [3.63, 3.8) is 0 Å². The van der Waals surface area contributed by atoms with Gasteiger partial charge in [-0.05, 0) is 26.0 Å². The Kier molecular flexibility index (Phi) is 2.99. The second-order valence-electron chi connectivity index (χ2n) is 3.71. The molecule has 1 unspecified atom stereocenters. The van der Waals surface area contributed by atoms with Crippen LogP contribution in [0.3, 0.4) is 0 Å². The Labute approximate surface area is 99.4 Å². The molecule has 2 aliphatic rings. The predicted molar refractivity (Wildman–Crippen MR) is 63.3 cm³/mol. The molecule has 2 heterocycles. The maximum atomic E-state index is 11.7. The van der Waals surface area contributed by atoms with Gasteiger partial charge in [-0.2, -0.15) is 4.99 Å². The minimum atomic E-state index is -0.525. The van der Waals surface area contributed by atoms with Gasteiger partial charge in [0.25, 0.3) is 0 Å². The van der Waals surface area contributed by atoms with Crippen LogP contribution in [-0.4, -0.2) is 34.5 Å². The van der Waals surface area contributed by atoms with E-state index in [9.17, 15) is 9.90 Å². The number of esters is 1. The molecule has 5 heteroatoms. The van der Waals surface area contributed by atoms with E-state index in [1.54, 1.807) is 13.0 Å². The molecule has 0 aliphatic carbocycles. The lowest BCUT2D eigenvalue weighted by atomic mass is 10.1. The molecule has 0 saturated carbocycles. The van der Waals surface area contributed by atoms with Crippen LogP contribution in [0.25, 0.3) is 0 Å². The number of nitrogens with zero attached hydrogens (tertiary/aromatic N) is 2. The van der Waals surface area contributed by atoms with Crippen molar-refractivity contribution in [2.24, 2.45) is 4.99 Å². The van der Waals surface area contributed by atoms with Gasteiger partial charge in [0, 0.05) is 6.20 Å². The normalized spacial score (nSPS) is 22.4. The van der Waals surface area contributed by atoms with E-state index in [4.69, 9.17) is 4.74 Å². The number of ether oxygens (including phenoxy) is 1. The third kappa shape index (κ3) is 1.95. The zero-order valence-corrected chi connectivity index (χ0v) is 9.75. The number of aliphatic imine (C=N–C) groups is 1. The second kappa shape index (κ2) is 4.45. The third-order valence-corrected chi connectivity index (χ3v) is 2.66. The summed E-state index contributed by atoms with van der Waals surface area (Å²) in [6.45, 7) is 3.82. The van der Waals surface area contributed by atoms with Crippen LogP contribution < -0.4 is 0 Å². The average Bonchev–Trinajstić information content (AvgIpc) is 2.29. The van der Waals surface area contributed by atoms with Crippen molar-refractivity contribution in [2.45, 2.75) is 19.9 Å². The van der Waals surface area contributed by atoms with E-state index in [1.165, 1.54) is 0 Å². The number of aliphatic hydroxyl groups excluding tert-OH is 1. The van der Waals surface area contributed by atoms with Gasteiger partial charge in [-0.25, -0.2) is 4.79 Å². The molecule has 0 bridgehead atoms. The zero-order valence-electron chi connectivity index (χ0n) is 9.75. The fourth-order valence-electron chi connectivity index (χ4n) is 1.83. The Morgan fingerprint density at radius 1 is 1.59 bits per heavy atom. The van der Waals surface area contributed by atoms with E-state index in [1.807, 2.05) is 30.2 Å². The Hall–Kier alpha value is -2.04. The lowest BCUT2D eigenvalue weighted by Gasteiger charge is -2.32. The summed E-state index contributed by atoms with van der Waals surface area (Å²) < 4.78 is 4.91. The van der Waals surface area contributed by atoms with Gasteiger partial charge in [0.2, 0.25) is 5.88 Å². The minimum Gasteiger partial charge on any atom is -0.493 e. The maximum Gasteiger partial charge on any atom is 0.341 e. The molecule has 0 fully saturated rings. The number of carbonyl (C=O) groups excluding carboxylic acids is 1. The second-order valence-corrected chi connectivity index (χ2v) is 3.71. The van der Waals surface area contributed by atoms with Crippen molar-refractivity contribution in [1.29, 1.82) is 0 Å². The molecular formula is C12H14N2O3. The topological polar surface area (TPSA) is 62.1 Å². The van der Waals surface area contributed by atoms with Gasteiger partial charge in [0.15, 0.2) is 0 Å². The van der Waals surface area contributed by atoms with Crippen molar-refractivity contribution in [3.8, 4) is 0 Å². The molecule has 0 aromatic rings. The summed E-state index contributed by atoms with van der Waals surface area (Å²) in [5.41, 5.74) is 0.190. The molecule has 1 N–H and O–H groups in total. The summed E-state index contributed by atoms with van der Waals surface area (Å²) in [6, 6.07) is -0.289. The van der Waals surface area contributed by atoms with Gasteiger partial charge in [-0.15, -0.1) is 0 Å². The molecule has 1 atom stereocenters. The highest BCUT2D eigenvalue weighted by molar-refractivity contribution is 6.00. The number of carbonyl (C=O) groups is 1. The van der Waals surface area contributed by atoms with E-state index in [0.717, 1.165) is 0 Å². The third-order valence-electron chi connectivity index (χ3n) is 2.66. The number of hydrogen-bond donors (Lipinski definition) is 1. The Bertz CT molecular complexity index is 460. The molecule has 17 heavy (non-hydrogen) atoms. The van der Waals surface area contributed by atoms with Crippen molar-refractivity contribution in [2.75, 3.05) is 6.61 Å². The Balaban J connectivity index is 2.37. The first-order valence-electron chi connectivity index (χ1n) is 5.47. The summed E-state index contributed by atoms with van der Waals surface area (Å²) in [6.07, 6.45) is 7.26. The molecule has 0 amide bonds. The van der Waals surface area contributed by atoms with Crippen LogP contribution >= 0.6 is 0 Å². The highest BCUT2D eigenvalue weighted by atomic mass is 16.5. The van der Waals surface area contributed by atoms with Crippen LogP contribution in [0.1, 0.15) is 13.8 Å². The molecule has 5 nitrogen and oxygen atoms in total. The summed E-state index contributed by atoms with van der Waals surface area (Å²) in [7, 11) is 0. The van der Waals surface area contributed by atoms with Crippen molar-refractivity contribution >= 4 is 11.8 Å². The van der Waals surface area contributed by atoms with E-state index < -0.39 is 5.97 Å². The first kappa shape index (κ1) is 11.4. The first-order chi connectivity index (χ1) is 8.15. The van der Waals surface area contributed by atoms with Crippen LogP contribution in [0, 0.1) is 0 Å². The first-order valence-corrected chi connectivity index (χ1v) is 5.47. The van der Waals surface area contributed by atoms with Crippen LogP contribution in [0.2, 0.25) is 0 Å². The molecule has 2 aliphatic heterocycles. The van der Waals surface area contributed by atoms with E-state index in [0.29, 0.717) is 5.84 Å². The number of rotatable bonds is 2. The van der Waals surface area contributed by atoms with Gasteiger partial charge in [-0.1, -0.05) is 6.08 Å². The summed E-state index contributed by atoms with van der Waals surface area (Å²) in [5, 5.41) is 9.78. The van der Waals surface area contributed by atoms with Crippen LogP contribution in [0.15, 0.2) is 40.9 Å². The Morgan fingerprint density at radius 3 is 3.06 bits per heavy atom. The molecule has 90 valence electrons. The molecule has 0 aromatic carbocycles. The standard InChI is InChI=1S/C12H14N2O3/c1-3-17-12(16)10-8(2)14-7-5-4-6-9(14)13-11(10)15/h4-8,15H,3H2,1-2H3. The quantitative estimate of drug-likeness (QED) is 0.735. The monoisotopic (exact) mass is 234 g/mol. The number of amidine groups is 1. The highest BCUT2D eigenvalue weighted by Crippen LogP contribution is 2.24. The predicted octanol–water partition coefficient (Wildman–Crippen LogP) is 1.51. The van der Waals surface area contributed by atoms with Crippen LogP contribution in [0.4, 0.5) is 0 Å². The molecule has 0 radical (unpaired) electrons. The van der Waals surface area contributed by atoms with Crippen LogP contribution in [-0.2, 0) is 9.53 Å². The average molecular weight is 234 g/mol. The lowest BCUT2D eigenvalue weighted by Crippen LogP contribution is -2.41. The smallest absolute Gasteiger partial charge is 0.341 e. The summed E-state index contributed by atoms with van der Waals surface area (Å²) >= 11 is 0. The molecule has 0 spiro atoms. The summed E-state index contributed by atoms with van der Waals surface area (Å²) in [5.74, 6) is -0.170. The minimum absolute atomic E-state index is 0.190. The molecule has 0 aromatic heterocycles. The van der Waals surface area contributed by atoms with Gasteiger partial charge < -0.3 is 14.7 Å². The van der Waals surface area contributed by atoms with E-state index in [-0.39, 0.29) is 24.1 Å². The zero-order chi connectivity index (χ0) is 12.4. The van der Waals surface area contributed by atoms with E-state index in [2.05, 4.69) is 4.99 Å². The number of aliphatic hydroxyl groups is 1. The fraction of sp³-hybridized carbons (Fsp3) is 0.333. The number of hydrogen-bond acceptors (Lipinski definition) is 5. The number of allylic oxidation sites excluding steroid dienone is 2. The fourth-order valence-corrected chi connectivity index (χ4v) is 1.83. The maximum absolute atomic E-state index is 11.7. The van der Waals surface area contributed by atoms with E-state index >= 15 is 0 Å². The largest absolute Gasteiger partial charge is 0.493 e. The summed E-state index contributed by atoms with van der Waals surface area (Å²) in [4.78, 5) is 17.5. The molecule has 0 saturated heterocycles. The lowest BCUT2D eigenvalue weighted by molar-refractivity contribution is -0.139. The Morgan fingerprint density at radius 2 is 2.35 bits per heavy atom. The van der Waals surface area contributed by atoms with Crippen molar-refractivity contribution in [1.82, 2.24) is 4.90 Å². The van der Waals surface area contributed by atoms with Gasteiger partial charge in [0.05, 0.1) is 12.6 Å². The van der Waals surface area contributed by atoms with Crippen LogP contribution in [0.5, 0.6) is 0 Å². The van der Waals surface area contributed by atoms with Gasteiger partial charge in [-0.3, -0.25) is 0 Å². The SMILES string of the molecule is CCOC(=O)C1=C(O)N=C2C=CC=CN2C1C. The molecular weight excluding hydrogens is 220 g/mol. The highest BCUT2D eigenvalue weighted by Gasteiger charge is 2.32. The number of fused-ring (bicyclic) bond motifs is 1. The van der Waals surface area contributed by atoms with Crippen molar-refractivity contribution < 1.29 is 14.6 Å². The van der Waals surface area contributed by atoms with Gasteiger partial charge >= 0.3 is 5.97 Å². The van der Waals surface area contributed by atoms with Crippen molar-refractivity contribution in [3.05, 3.63) is 35.9 Å². The van der Waals surface area contributed by atoms with Gasteiger partial charge in [0.1, 0.15) is 11.4 Å². The molecule has 2 rings (SSSR count).